The number of likely N-dealkylation sites (N-methyl/N-ethyl adjacent to an activating group) is 1. The van der Waals surface area contributed by atoms with Crippen molar-refractivity contribution in [3.05, 3.63) is 88.1 Å². The lowest BCUT2D eigenvalue weighted by Crippen LogP contribution is -2.30. The van der Waals surface area contributed by atoms with Crippen molar-refractivity contribution in [2.45, 2.75) is 6.42 Å². The summed E-state index contributed by atoms with van der Waals surface area (Å²) < 4.78 is 22.9. The molecule has 0 spiro atoms. The van der Waals surface area contributed by atoms with Crippen LogP contribution in [-0.4, -0.2) is 67.5 Å². The fourth-order valence-corrected chi connectivity index (χ4v) is 4.24. The van der Waals surface area contributed by atoms with E-state index in [0.717, 1.165) is 5.56 Å². The second-order valence-corrected chi connectivity index (χ2v) is 8.84. The summed E-state index contributed by atoms with van der Waals surface area (Å²) in [6, 6.07) is 18.5. The molecule has 1 amide bonds. The van der Waals surface area contributed by atoms with E-state index in [4.69, 9.17) is 18.9 Å². The Morgan fingerprint density at radius 2 is 1.65 bits per heavy atom. The average Bonchev–Trinajstić information content (AvgIpc) is 3.44. The molecule has 3 aromatic carbocycles. The minimum Gasteiger partial charge on any atom is -0.497 e. The Balaban J connectivity index is 1.70. The third-order valence-corrected chi connectivity index (χ3v) is 6.43. The van der Waals surface area contributed by atoms with E-state index < -0.39 is 4.92 Å². The van der Waals surface area contributed by atoms with Crippen molar-refractivity contribution in [1.29, 1.82) is 0 Å². The van der Waals surface area contributed by atoms with E-state index in [1.165, 1.54) is 23.9 Å². The molecule has 0 fully saturated rings. The molecule has 4 aromatic rings. The van der Waals surface area contributed by atoms with E-state index in [-0.39, 0.29) is 17.3 Å². The summed E-state index contributed by atoms with van der Waals surface area (Å²) in [5, 5.41) is 16.1. The van der Waals surface area contributed by atoms with Crippen LogP contribution in [0.4, 0.5) is 5.69 Å². The number of carbonyl (C=O) groups is 1. The van der Waals surface area contributed by atoms with Crippen molar-refractivity contribution in [3.8, 4) is 39.9 Å². The van der Waals surface area contributed by atoms with Crippen LogP contribution in [0.15, 0.2) is 66.7 Å². The summed E-state index contributed by atoms with van der Waals surface area (Å²) in [6.07, 6.45) is 0.562. The molecule has 0 radical (unpaired) electrons. The molecule has 0 aliphatic heterocycles. The third-order valence-electron chi connectivity index (χ3n) is 6.43. The number of hydrogen-bond acceptors (Lipinski definition) is 8. The molecule has 0 bridgehead atoms. The number of non-ortho nitro benzene ring substituents is 1. The Kier molecular flexibility index (Phi) is 8.53. The number of benzene rings is 3. The van der Waals surface area contributed by atoms with Crippen molar-refractivity contribution >= 4 is 11.6 Å². The predicted molar refractivity (Wildman–Crippen MR) is 149 cm³/mol. The topological polar surface area (TPSA) is 118 Å². The van der Waals surface area contributed by atoms with Crippen molar-refractivity contribution < 1.29 is 28.7 Å². The predicted octanol–water partition coefficient (Wildman–Crippen LogP) is 4.80. The van der Waals surface area contributed by atoms with E-state index in [9.17, 15) is 14.9 Å². The summed E-state index contributed by atoms with van der Waals surface area (Å²) in [6.45, 7) is 0.398. The van der Waals surface area contributed by atoms with Gasteiger partial charge in [-0.25, -0.2) is 4.68 Å². The zero-order chi connectivity index (χ0) is 28.8. The van der Waals surface area contributed by atoms with Crippen LogP contribution in [-0.2, 0) is 6.42 Å². The van der Waals surface area contributed by atoms with Gasteiger partial charge in [-0.05, 0) is 48.4 Å². The highest BCUT2D eigenvalue weighted by atomic mass is 16.6. The van der Waals surface area contributed by atoms with E-state index in [1.807, 2.05) is 18.2 Å². The molecule has 1 aromatic heterocycles. The van der Waals surface area contributed by atoms with Gasteiger partial charge in [-0.3, -0.25) is 14.9 Å². The maximum atomic E-state index is 13.7. The van der Waals surface area contributed by atoms with Gasteiger partial charge < -0.3 is 23.8 Å². The molecular formula is C29H30N4O7. The Bertz CT molecular complexity index is 1530. The first-order valence-corrected chi connectivity index (χ1v) is 12.3. The molecule has 0 N–H and O–H groups in total. The molecule has 4 rings (SSSR count). The van der Waals surface area contributed by atoms with Crippen LogP contribution in [0.1, 0.15) is 16.1 Å². The first-order chi connectivity index (χ1) is 19.3. The number of methoxy groups -OCH3 is 4. The van der Waals surface area contributed by atoms with Gasteiger partial charge in [0.15, 0.2) is 11.5 Å². The van der Waals surface area contributed by atoms with Gasteiger partial charge in [0.05, 0.1) is 44.7 Å². The van der Waals surface area contributed by atoms with E-state index in [2.05, 4.69) is 5.10 Å². The summed E-state index contributed by atoms with van der Waals surface area (Å²) in [5.41, 5.74) is 2.56. The van der Waals surface area contributed by atoms with Crippen LogP contribution in [0.5, 0.6) is 23.0 Å². The zero-order valence-electron chi connectivity index (χ0n) is 22.9. The highest BCUT2D eigenvalue weighted by Crippen LogP contribution is 2.34. The maximum absolute atomic E-state index is 13.7. The van der Waals surface area contributed by atoms with Gasteiger partial charge in [0.1, 0.15) is 17.2 Å². The standard InChI is InChI=1S/C29H30N4O7/c1-31(14-13-19-9-12-26(38-3)28(15-19)40-5)29(34)25-18-24(23-11-10-22(37-2)17-27(23)39-4)30-32(25)20-7-6-8-21(16-20)33(35)36/h6-12,15-18H,13-14H2,1-5H3. The molecular weight excluding hydrogens is 516 g/mol. The Hall–Kier alpha value is -5.06. The second-order valence-electron chi connectivity index (χ2n) is 8.84. The van der Waals surface area contributed by atoms with Gasteiger partial charge in [-0.2, -0.15) is 5.10 Å². The van der Waals surface area contributed by atoms with E-state index in [0.29, 0.717) is 52.9 Å². The molecule has 0 aliphatic carbocycles. The lowest BCUT2D eigenvalue weighted by atomic mass is 10.1. The minimum absolute atomic E-state index is 0.114. The van der Waals surface area contributed by atoms with Crippen molar-refractivity contribution in [1.82, 2.24) is 14.7 Å². The number of hydrogen-bond donors (Lipinski definition) is 0. The molecule has 1 heterocycles. The van der Waals surface area contributed by atoms with Crippen molar-refractivity contribution in [3.63, 3.8) is 0 Å². The first-order valence-electron chi connectivity index (χ1n) is 12.3. The highest BCUT2D eigenvalue weighted by Gasteiger charge is 2.23. The lowest BCUT2D eigenvalue weighted by molar-refractivity contribution is -0.384. The monoisotopic (exact) mass is 546 g/mol. The largest absolute Gasteiger partial charge is 0.497 e. The number of aromatic nitrogens is 2. The maximum Gasteiger partial charge on any atom is 0.272 e. The van der Waals surface area contributed by atoms with Gasteiger partial charge in [0, 0.05) is 37.4 Å². The van der Waals surface area contributed by atoms with Crippen LogP contribution in [0.3, 0.4) is 0 Å². The van der Waals surface area contributed by atoms with Gasteiger partial charge in [0.2, 0.25) is 0 Å². The fourth-order valence-electron chi connectivity index (χ4n) is 4.24. The van der Waals surface area contributed by atoms with Crippen LogP contribution in [0, 0.1) is 10.1 Å². The Morgan fingerprint density at radius 1 is 0.900 bits per heavy atom. The molecule has 0 saturated carbocycles. The normalized spacial score (nSPS) is 10.6. The molecule has 0 aliphatic rings. The first kappa shape index (κ1) is 28.0. The number of nitro benzene ring substituents is 1. The van der Waals surface area contributed by atoms with Crippen LogP contribution in [0.2, 0.25) is 0 Å². The number of nitrogens with zero attached hydrogens (tertiary/aromatic N) is 4. The van der Waals surface area contributed by atoms with Gasteiger partial charge in [-0.15, -0.1) is 0 Å². The number of amides is 1. The molecule has 40 heavy (non-hydrogen) atoms. The van der Waals surface area contributed by atoms with Crippen molar-refractivity contribution in [2.24, 2.45) is 0 Å². The Labute approximate surface area is 231 Å². The summed E-state index contributed by atoms with van der Waals surface area (Å²) in [5.74, 6) is 2.03. The lowest BCUT2D eigenvalue weighted by Gasteiger charge is -2.18. The second kappa shape index (κ2) is 12.2. The molecule has 0 atom stereocenters. The van der Waals surface area contributed by atoms with Gasteiger partial charge in [-0.1, -0.05) is 12.1 Å². The zero-order valence-corrected chi connectivity index (χ0v) is 22.9. The van der Waals surface area contributed by atoms with Crippen LogP contribution in [0.25, 0.3) is 16.9 Å². The van der Waals surface area contributed by atoms with Gasteiger partial charge >= 0.3 is 0 Å². The number of rotatable bonds is 11. The highest BCUT2D eigenvalue weighted by molar-refractivity contribution is 5.94. The van der Waals surface area contributed by atoms with Crippen molar-refractivity contribution in [2.75, 3.05) is 42.0 Å². The Morgan fingerprint density at radius 3 is 2.33 bits per heavy atom. The molecule has 0 unspecified atom stereocenters. The summed E-state index contributed by atoms with van der Waals surface area (Å²) in [4.78, 5) is 26.3. The number of carbonyl (C=O) groups excluding carboxylic acids is 1. The molecule has 11 heteroatoms. The molecule has 0 saturated heterocycles. The third kappa shape index (κ3) is 5.83. The summed E-state index contributed by atoms with van der Waals surface area (Å²) in [7, 11) is 7.93. The fraction of sp³-hybridized carbons (Fsp3) is 0.241. The summed E-state index contributed by atoms with van der Waals surface area (Å²) >= 11 is 0. The minimum atomic E-state index is -0.489. The van der Waals surface area contributed by atoms with Crippen LogP contribution >= 0.6 is 0 Å². The van der Waals surface area contributed by atoms with E-state index >= 15 is 0 Å². The van der Waals surface area contributed by atoms with Crippen LogP contribution < -0.4 is 18.9 Å². The number of nitro groups is 1. The molecule has 208 valence electrons. The smallest absolute Gasteiger partial charge is 0.272 e. The molecule has 11 nitrogen and oxygen atoms in total. The number of ether oxygens (including phenoxy) is 4. The van der Waals surface area contributed by atoms with Gasteiger partial charge in [0.25, 0.3) is 11.6 Å². The van der Waals surface area contributed by atoms with E-state index in [1.54, 1.807) is 69.7 Å². The average molecular weight is 547 g/mol. The quantitative estimate of drug-likeness (QED) is 0.195. The SMILES string of the molecule is COc1ccc(-c2cc(C(=O)N(C)CCc3ccc(OC)c(OC)c3)n(-c3cccc([N+](=O)[O-])c3)n2)c(OC)c1.